The van der Waals surface area contributed by atoms with Gasteiger partial charge in [0, 0.05) is 5.82 Å². The lowest BCUT2D eigenvalue weighted by atomic mass is 9.65. The van der Waals surface area contributed by atoms with Crippen LogP contribution in [0.25, 0.3) is 0 Å². The van der Waals surface area contributed by atoms with Crippen molar-refractivity contribution >= 4 is 13.1 Å². The SMILES string of the molecule is COC(=O)CC(B1OC(C)(C)C(C)(C)O1)c1cc(C)ccc1O. The molecule has 0 bridgehead atoms. The molecule has 1 aromatic carbocycles. The van der Waals surface area contributed by atoms with E-state index in [1.165, 1.54) is 7.11 Å². The van der Waals surface area contributed by atoms with Gasteiger partial charge in [0.25, 0.3) is 0 Å². The number of esters is 1. The summed E-state index contributed by atoms with van der Waals surface area (Å²) in [6.45, 7) is 9.76. The van der Waals surface area contributed by atoms with E-state index in [4.69, 9.17) is 14.0 Å². The summed E-state index contributed by atoms with van der Waals surface area (Å²) in [5.41, 5.74) is 0.606. The van der Waals surface area contributed by atoms with Crippen LogP contribution >= 0.6 is 0 Å². The van der Waals surface area contributed by atoms with Gasteiger partial charge in [-0.05, 0) is 46.2 Å². The Morgan fingerprint density at radius 1 is 1.26 bits per heavy atom. The normalized spacial score (nSPS) is 20.3. The second-order valence-electron chi connectivity index (χ2n) is 7.07. The first-order valence-corrected chi connectivity index (χ1v) is 7.79. The molecular weight excluding hydrogens is 295 g/mol. The number of hydrogen-bond donors (Lipinski definition) is 1. The standard InChI is InChI=1S/C17H25BO5/c1-11-7-8-14(19)12(9-11)13(10-15(20)21-6)18-22-16(2,3)17(4,5)23-18/h7-9,13,19H,10H2,1-6H3. The second-order valence-corrected chi connectivity index (χ2v) is 7.07. The Bertz CT molecular complexity index is 581. The second kappa shape index (κ2) is 6.17. The van der Waals surface area contributed by atoms with Crippen molar-refractivity contribution in [3.8, 4) is 5.75 Å². The summed E-state index contributed by atoms with van der Waals surface area (Å²) in [4.78, 5) is 11.9. The van der Waals surface area contributed by atoms with Crippen molar-refractivity contribution in [1.29, 1.82) is 0 Å². The van der Waals surface area contributed by atoms with E-state index < -0.39 is 24.1 Å². The first-order chi connectivity index (χ1) is 10.6. The number of benzene rings is 1. The average molecular weight is 320 g/mol. The van der Waals surface area contributed by atoms with E-state index in [9.17, 15) is 9.90 Å². The van der Waals surface area contributed by atoms with Crippen molar-refractivity contribution < 1.29 is 23.9 Å². The van der Waals surface area contributed by atoms with E-state index in [-0.39, 0.29) is 18.1 Å². The third-order valence-corrected chi connectivity index (χ3v) is 4.80. The highest BCUT2D eigenvalue weighted by Gasteiger charge is 2.54. The van der Waals surface area contributed by atoms with Crippen molar-refractivity contribution in [3.63, 3.8) is 0 Å². The van der Waals surface area contributed by atoms with Crippen LogP contribution in [0.3, 0.4) is 0 Å². The Labute approximate surface area is 138 Å². The van der Waals surface area contributed by atoms with Crippen LogP contribution in [0.15, 0.2) is 18.2 Å². The number of rotatable bonds is 4. The van der Waals surface area contributed by atoms with Gasteiger partial charge >= 0.3 is 13.1 Å². The van der Waals surface area contributed by atoms with Gasteiger partial charge in [0.1, 0.15) is 5.75 Å². The predicted molar refractivity (Wildman–Crippen MR) is 88.3 cm³/mol. The topological polar surface area (TPSA) is 65.0 Å². The first kappa shape index (κ1) is 17.8. The third kappa shape index (κ3) is 3.53. The molecule has 23 heavy (non-hydrogen) atoms. The molecule has 0 aromatic heterocycles. The largest absolute Gasteiger partial charge is 0.508 e. The number of aryl methyl sites for hydroxylation is 1. The minimum absolute atomic E-state index is 0.0738. The molecule has 1 N–H and O–H groups in total. The maximum atomic E-state index is 11.9. The summed E-state index contributed by atoms with van der Waals surface area (Å²) in [5, 5.41) is 10.2. The molecule has 1 atom stereocenters. The predicted octanol–water partition coefficient (Wildman–Crippen LogP) is 2.98. The molecule has 1 aliphatic rings. The lowest BCUT2D eigenvalue weighted by Crippen LogP contribution is -2.41. The number of phenols is 1. The molecule has 1 fully saturated rings. The molecule has 1 aliphatic heterocycles. The van der Waals surface area contributed by atoms with Crippen LogP contribution in [0.2, 0.25) is 0 Å². The van der Waals surface area contributed by atoms with Crippen LogP contribution in [0.5, 0.6) is 5.75 Å². The van der Waals surface area contributed by atoms with Crippen LogP contribution < -0.4 is 0 Å². The molecule has 1 saturated heterocycles. The number of ether oxygens (including phenoxy) is 1. The fourth-order valence-corrected chi connectivity index (χ4v) is 2.64. The monoisotopic (exact) mass is 320 g/mol. The van der Waals surface area contributed by atoms with Gasteiger partial charge in [0.15, 0.2) is 0 Å². The summed E-state index contributed by atoms with van der Waals surface area (Å²) >= 11 is 0. The lowest BCUT2D eigenvalue weighted by Gasteiger charge is -2.32. The molecular formula is C17H25BO5. The molecule has 0 aliphatic carbocycles. The Morgan fingerprint density at radius 2 is 1.83 bits per heavy atom. The van der Waals surface area contributed by atoms with Crippen molar-refractivity contribution in [2.45, 2.75) is 58.1 Å². The summed E-state index contributed by atoms with van der Waals surface area (Å²) in [7, 11) is 0.714. The Morgan fingerprint density at radius 3 is 2.35 bits per heavy atom. The maximum absolute atomic E-state index is 11.9. The lowest BCUT2D eigenvalue weighted by molar-refractivity contribution is -0.140. The molecule has 1 heterocycles. The molecule has 6 heteroatoms. The van der Waals surface area contributed by atoms with Gasteiger partial charge in [-0.25, -0.2) is 0 Å². The summed E-state index contributed by atoms with van der Waals surface area (Å²) in [5.74, 6) is -0.687. The van der Waals surface area contributed by atoms with Gasteiger partial charge < -0.3 is 19.2 Å². The van der Waals surface area contributed by atoms with Gasteiger partial charge in [-0.2, -0.15) is 0 Å². The molecule has 1 aromatic rings. The van der Waals surface area contributed by atoms with E-state index in [2.05, 4.69) is 0 Å². The highest BCUT2D eigenvalue weighted by Crippen LogP contribution is 2.43. The van der Waals surface area contributed by atoms with E-state index in [1.807, 2.05) is 46.8 Å². The molecule has 126 valence electrons. The Balaban J connectivity index is 2.40. The molecule has 0 spiro atoms. The zero-order chi connectivity index (χ0) is 17.4. The molecule has 5 nitrogen and oxygen atoms in total. The minimum atomic E-state index is -0.633. The molecule has 1 unspecified atom stereocenters. The fourth-order valence-electron chi connectivity index (χ4n) is 2.64. The van der Waals surface area contributed by atoms with Crippen molar-refractivity contribution in [1.82, 2.24) is 0 Å². The number of carbonyl (C=O) groups is 1. The van der Waals surface area contributed by atoms with E-state index in [0.29, 0.717) is 5.56 Å². The average Bonchev–Trinajstić information content (AvgIpc) is 2.67. The van der Waals surface area contributed by atoms with Crippen LogP contribution in [0.1, 0.15) is 51.1 Å². The minimum Gasteiger partial charge on any atom is -0.508 e. The number of methoxy groups -OCH3 is 1. The van der Waals surface area contributed by atoms with Crippen LogP contribution in [-0.2, 0) is 18.8 Å². The summed E-state index contributed by atoms with van der Waals surface area (Å²) < 4.78 is 17.0. The van der Waals surface area contributed by atoms with Crippen LogP contribution in [-0.4, -0.2) is 36.5 Å². The fraction of sp³-hybridized carbons (Fsp3) is 0.588. The number of phenolic OH excluding ortho intramolecular Hbond substituents is 1. The Hall–Kier alpha value is -1.53. The molecule has 0 amide bonds. The van der Waals surface area contributed by atoms with Gasteiger partial charge in [-0.15, -0.1) is 0 Å². The summed E-state index contributed by atoms with van der Waals surface area (Å²) in [6, 6.07) is 5.30. The first-order valence-electron chi connectivity index (χ1n) is 7.79. The van der Waals surface area contributed by atoms with Gasteiger partial charge in [0.2, 0.25) is 0 Å². The molecule has 0 saturated carbocycles. The maximum Gasteiger partial charge on any atom is 0.466 e. The highest BCUT2D eigenvalue weighted by molar-refractivity contribution is 6.48. The number of aromatic hydroxyl groups is 1. The smallest absolute Gasteiger partial charge is 0.466 e. The van der Waals surface area contributed by atoms with E-state index >= 15 is 0 Å². The van der Waals surface area contributed by atoms with Crippen molar-refractivity contribution in [2.24, 2.45) is 0 Å². The van der Waals surface area contributed by atoms with Crippen LogP contribution in [0.4, 0.5) is 0 Å². The zero-order valence-electron chi connectivity index (χ0n) is 14.7. The van der Waals surface area contributed by atoms with Gasteiger partial charge in [-0.3, -0.25) is 4.79 Å². The number of carbonyl (C=O) groups excluding carboxylic acids is 1. The quantitative estimate of drug-likeness (QED) is 0.682. The number of hydrogen-bond acceptors (Lipinski definition) is 5. The molecule has 0 radical (unpaired) electrons. The third-order valence-electron chi connectivity index (χ3n) is 4.80. The van der Waals surface area contributed by atoms with Gasteiger partial charge in [-0.1, -0.05) is 17.7 Å². The summed E-state index contributed by atoms with van der Waals surface area (Å²) in [6.07, 6.45) is 0.0738. The van der Waals surface area contributed by atoms with E-state index in [1.54, 1.807) is 6.07 Å². The Kier molecular flexibility index (Phi) is 4.78. The van der Waals surface area contributed by atoms with Crippen molar-refractivity contribution in [3.05, 3.63) is 29.3 Å². The highest BCUT2D eigenvalue weighted by atomic mass is 16.7. The van der Waals surface area contributed by atoms with Crippen molar-refractivity contribution in [2.75, 3.05) is 7.11 Å². The zero-order valence-corrected chi connectivity index (χ0v) is 14.7. The van der Waals surface area contributed by atoms with Gasteiger partial charge in [0.05, 0.1) is 24.7 Å². The molecule has 2 rings (SSSR count). The van der Waals surface area contributed by atoms with Crippen LogP contribution in [0, 0.1) is 6.92 Å². The van der Waals surface area contributed by atoms with E-state index in [0.717, 1.165) is 5.56 Å².